The number of anilines is 2. The van der Waals surface area contributed by atoms with E-state index >= 15 is 0 Å². The summed E-state index contributed by atoms with van der Waals surface area (Å²) < 4.78 is 5.53. The molecule has 1 fully saturated rings. The Labute approximate surface area is 120 Å². The van der Waals surface area contributed by atoms with Crippen LogP contribution < -0.4 is 10.6 Å². The van der Waals surface area contributed by atoms with E-state index in [-0.39, 0.29) is 5.91 Å². The highest BCUT2D eigenvalue weighted by molar-refractivity contribution is 5.97. The molecule has 1 aromatic carbocycles. The largest absolute Gasteiger partial charge is 0.383 e. The molecule has 1 amide bonds. The molecule has 1 aliphatic heterocycles. The average molecular weight is 277 g/mol. The van der Waals surface area contributed by atoms with Gasteiger partial charge in [-0.15, -0.1) is 0 Å². The van der Waals surface area contributed by atoms with E-state index in [1.54, 1.807) is 0 Å². The van der Waals surface area contributed by atoms with E-state index in [0.717, 1.165) is 30.9 Å². The molecule has 2 N–H and O–H groups in total. The van der Waals surface area contributed by atoms with Crippen LogP contribution in [0.4, 0.5) is 11.4 Å². The summed E-state index contributed by atoms with van der Waals surface area (Å²) in [5.74, 6) is -0.0812. The number of hydrogen-bond donors (Lipinski definition) is 2. The maximum absolute atomic E-state index is 12.2. The molecule has 1 aromatic rings. The molecule has 0 aliphatic carbocycles. The number of morpholine rings is 1. The minimum Gasteiger partial charge on any atom is -0.383 e. The van der Waals surface area contributed by atoms with Crippen molar-refractivity contribution >= 4 is 17.3 Å². The number of benzene rings is 1. The van der Waals surface area contributed by atoms with Crippen molar-refractivity contribution in [2.24, 2.45) is 0 Å². The number of likely N-dealkylation sites (N-methyl/N-ethyl adjacent to an activating group) is 1. The Kier molecular flexibility index (Phi) is 5.38. The molecule has 20 heavy (non-hydrogen) atoms. The number of nitrogens with one attached hydrogen (secondary N) is 2. The topological polar surface area (TPSA) is 53.6 Å². The molecule has 5 heteroatoms. The molecule has 1 heterocycles. The predicted molar refractivity (Wildman–Crippen MR) is 81.1 cm³/mol. The summed E-state index contributed by atoms with van der Waals surface area (Å²) in [6.45, 7) is 5.11. The van der Waals surface area contributed by atoms with Gasteiger partial charge in [-0.1, -0.05) is 19.1 Å². The summed E-state index contributed by atoms with van der Waals surface area (Å²) in [5, 5.41) is 6.27. The van der Waals surface area contributed by atoms with Gasteiger partial charge in [-0.2, -0.15) is 0 Å². The number of carbonyl (C=O) groups excluding carboxylic acids is 1. The van der Waals surface area contributed by atoms with Crippen LogP contribution in [0.3, 0.4) is 0 Å². The number of amides is 1. The third-order valence-electron chi connectivity index (χ3n) is 3.31. The first-order chi connectivity index (χ1) is 9.70. The maximum atomic E-state index is 12.2. The first-order valence-electron chi connectivity index (χ1n) is 7.14. The minimum atomic E-state index is -0.395. The van der Waals surface area contributed by atoms with Crippen LogP contribution in [-0.4, -0.2) is 50.2 Å². The number of ether oxygens (including phenoxy) is 1. The Morgan fingerprint density at radius 3 is 2.85 bits per heavy atom. The molecular weight excluding hydrogens is 254 g/mol. The van der Waals surface area contributed by atoms with Crippen molar-refractivity contribution in [1.29, 1.82) is 0 Å². The van der Waals surface area contributed by atoms with Gasteiger partial charge in [0.1, 0.15) is 6.10 Å². The van der Waals surface area contributed by atoms with E-state index in [2.05, 4.69) is 22.5 Å². The van der Waals surface area contributed by atoms with Crippen molar-refractivity contribution in [3.05, 3.63) is 24.3 Å². The predicted octanol–water partition coefficient (Wildman–Crippen LogP) is 1.78. The molecule has 1 atom stereocenters. The number of para-hydroxylation sites is 2. The summed E-state index contributed by atoms with van der Waals surface area (Å²) in [7, 11) is 2.00. The lowest BCUT2D eigenvalue weighted by molar-refractivity contribution is -0.132. The van der Waals surface area contributed by atoms with Crippen LogP contribution in [-0.2, 0) is 9.53 Å². The van der Waals surface area contributed by atoms with Gasteiger partial charge in [0.15, 0.2) is 0 Å². The van der Waals surface area contributed by atoms with Gasteiger partial charge in [0.2, 0.25) is 0 Å². The monoisotopic (exact) mass is 277 g/mol. The smallest absolute Gasteiger partial charge is 0.254 e. The van der Waals surface area contributed by atoms with Gasteiger partial charge < -0.3 is 20.3 Å². The van der Waals surface area contributed by atoms with Gasteiger partial charge in [-0.05, 0) is 25.6 Å². The van der Waals surface area contributed by atoms with Crippen LogP contribution in [0.5, 0.6) is 0 Å². The molecule has 5 nitrogen and oxygen atoms in total. The van der Waals surface area contributed by atoms with Gasteiger partial charge >= 0.3 is 0 Å². The molecule has 0 spiro atoms. The second kappa shape index (κ2) is 7.26. The van der Waals surface area contributed by atoms with E-state index in [9.17, 15) is 4.79 Å². The van der Waals surface area contributed by atoms with E-state index < -0.39 is 6.10 Å². The standard InChI is InChI=1S/C15H23N3O2/c1-3-8-16-12-6-4-5-7-13(12)17-15(19)14-11-18(2)9-10-20-14/h4-7,14,16H,3,8-11H2,1-2H3,(H,17,19)/t14-/m1/s1. The fourth-order valence-corrected chi connectivity index (χ4v) is 2.16. The van der Waals surface area contributed by atoms with Gasteiger partial charge in [-0.3, -0.25) is 4.79 Å². The third-order valence-corrected chi connectivity index (χ3v) is 3.31. The molecule has 0 radical (unpaired) electrons. The lowest BCUT2D eigenvalue weighted by Crippen LogP contribution is -2.46. The lowest BCUT2D eigenvalue weighted by atomic mass is 10.2. The summed E-state index contributed by atoms with van der Waals surface area (Å²) in [6, 6.07) is 7.75. The van der Waals surface area contributed by atoms with Crippen molar-refractivity contribution < 1.29 is 9.53 Å². The highest BCUT2D eigenvalue weighted by atomic mass is 16.5. The molecular formula is C15H23N3O2. The summed E-state index contributed by atoms with van der Waals surface area (Å²) >= 11 is 0. The van der Waals surface area contributed by atoms with E-state index in [0.29, 0.717) is 13.2 Å². The third kappa shape index (κ3) is 3.95. The SMILES string of the molecule is CCCNc1ccccc1NC(=O)[C@H]1CN(C)CCO1. The number of carbonyl (C=O) groups is 1. The number of hydrogen-bond acceptors (Lipinski definition) is 4. The number of nitrogens with zero attached hydrogens (tertiary/aromatic N) is 1. The first kappa shape index (κ1) is 14.8. The molecule has 0 bridgehead atoms. The summed E-state index contributed by atoms with van der Waals surface area (Å²) in [4.78, 5) is 14.4. The lowest BCUT2D eigenvalue weighted by Gasteiger charge is -2.29. The zero-order valence-corrected chi connectivity index (χ0v) is 12.2. The molecule has 0 saturated carbocycles. The molecule has 1 saturated heterocycles. The van der Waals surface area contributed by atoms with E-state index in [4.69, 9.17) is 4.74 Å². The molecule has 110 valence electrons. The Morgan fingerprint density at radius 2 is 2.15 bits per heavy atom. The van der Waals surface area contributed by atoms with E-state index in [1.165, 1.54) is 0 Å². The maximum Gasteiger partial charge on any atom is 0.254 e. The van der Waals surface area contributed by atoms with Crippen LogP contribution >= 0.6 is 0 Å². The Hall–Kier alpha value is -1.59. The van der Waals surface area contributed by atoms with Crippen molar-refractivity contribution in [2.45, 2.75) is 19.4 Å². The van der Waals surface area contributed by atoms with Gasteiger partial charge in [0.25, 0.3) is 5.91 Å². The Balaban J connectivity index is 1.99. The Bertz CT molecular complexity index is 450. The highest BCUT2D eigenvalue weighted by Crippen LogP contribution is 2.21. The normalized spacial score (nSPS) is 19.6. The second-order valence-electron chi connectivity index (χ2n) is 5.08. The van der Waals surface area contributed by atoms with Crippen molar-refractivity contribution in [1.82, 2.24) is 4.90 Å². The van der Waals surface area contributed by atoms with Crippen LogP contribution in [0.1, 0.15) is 13.3 Å². The zero-order chi connectivity index (χ0) is 14.4. The Morgan fingerprint density at radius 1 is 1.40 bits per heavy atom. The summed E-state index contributed by atoms with van der Waals surface area (Å²) in [5.41, 5.74) is 1.76. The molecule has 1 aliphatic rings. The van der Waals surface area contributed by atoms with Crippen LogP contribution in [0.25, 0.3) is 0 Å². The second-order valence-corrected chi connectivity index (χ2v) is 5.08. The van der Waals surface area contributed by atoms with Gasteiger partial charge in [0, 0.05) is 19.6 Å². The van der Waals surface area contributed by atoms with Crippen molar-refractivity contribution in [3.63, 3.8) is 0 Å². The first-order valence-corrected chi connectivity index (χ1v) is 7.14. The van der Waals surface area contributed by atoms with Crippen molar-refractivity contribution in [2.75, 3.05) is 43.9 Å². The summed E-state index contributed by atoms with van der Waals surface area (Å²) in [6.07, 6.45) is 0.645. The fraction of sp³-hybridized carbons (Fsp3) is 0.533. The molecule has 2 rings (SSSR count). The van der Waals surface area contributed by atoms with Crippen LogP contribution in [0.15, 0.2) is 24.3 Å². The number of rotatable bonds is 5. The van der Waals surface area contributed by atoms with Crippen LogP contribution in [0.2, 0.25) is 0 Å². The average Bonchev–Trinajstić information content (AvgIpc) is 2.46. The molecule has 0 aromatic heterocycles. The fourth-order valence-electron chi connectivity index (χ4n) is 2.16. The quantitative estimate of drug-likeness (QED) is 0.861. The van der Waals surface area contributed by atoms with Crippen LogP contribution in [0, 0.1) is 0 Å². The van der Waals surface area contributed by atoms with Crippen molar-refractivity contribution in [3.8, 4) is 0 Å². The zero-order valence-electron chi connectivity index (χ0n) is 12.2. The minimum absolute atomic E-state index is 0.0812. The van der Waals surface area contributed by atoms with E-state index in [1.807, 2.05) is 31.3 Å². The van der Waals surface area contributed by atoms with Gasteiger partial charge in [-0.25, -0.2) is 0 Å². The highest BCUT2D eigenvalue weighted by Gasteiger charge is 2.25. The van der Waals surface area contributed by atoms with Gasteiger partial charge in [0.05, 0.1) is 18.0 Å². The molecule has 0 unspecified atom stereocenters.